The van der Waals surface area contributed by atoms with Gasteiger partial charge in [-0.1, -0.05) is 29.8 Å². The average molecular weight is 197 g/mol. The molecule has 0 saturated carbocycles. The second kappa shape index (κ2) is 5.03. The molecule has 0 spiro atoms. The minimum atomic E-state index is 0.209. The van der Waals surface area contributed by atoms with Crippen LogP contribution < -0.4 is 0 Å². The Morgan fingerprint density at radius 2 is 2.23 bits per heavy atom. The van der Waals surface area contributed by atoms with Crippen molar-refractivity contribution in [1.29, 1.82) is 0 Å². The van der Waals surface area contributed by atoms with Crippen LogP contribution in [-0.2, 0) is 11.2 Å². The van der Waals surface area contributed by atoms with Crippen molar-refractivity contribution in [3.63, 3.8) is 0 Å². The first kappa shape index (κ1) is 10.3. The third kappa shape index (κ3) is 3.60. The number of halogens is 1. The highest BCUT2D eigenvalue weighted by Crippen LogP contribution is 2.06. The molecule has 0 bridgehead atoms. The third-order valence-corrected chi connectivity index (χ3v) is 2.05. The summed E-state index contributed by atoms with van der Waals surface area (Å²) in [5, 5.41) is 0. The van der Waals surface area contributed by atoms with Gasteiger partial charge in [0.25, 0.3) is 0 Å². The van der Waals surface area contributed by atoms with Crippen LogP contribution in [0.25, 0.3) is 0 Å². The van der Waals surface area contributed by atoms with Crippen LogP contribution in [0, 0.1) is 6.92 Å². The summed E-state index contributed by atoms with van der Waals surface area (Å²) in [4.78, 5) is 11.2. The molecule has 1 aromatic rings. The van der Waals surface area contributed by atoms with Crippen LogP contribution in [0.15, 0.2) is 24.3 Å². The molecule has 0 N–H and O–H groups in total. The zero-order chi connectivity index (χ0) is 9.68. The second-order valence-electron chi connectivity index (χ2n) is 3.14. The second-order valence-corrected chi connectivity index (χ2v) is 3.52. The number of rotatable bonds is 4. The van der Waals surface area contributed by atoms with Crippen molar-refractivity contribution in [1.82, 2.24) is 0 Å². The predicted molar refractivity (Wildman–Crippen MR) is 55.2 cm³/mol. The summed E-state index contributed by atoms with van der Waals surface area (Å²) >= 11 is 5.47. The minimum Gasteiger partial charge on any atom is -0.299 e. The monoisotopic (exact) mass is 196 g/mol. The lowest BCUT2D eigenvalue weighted by Gasteiger charge is -2.00. The largest absolute Gasteiger partial charge is 0.299 e. The summed E-state index contributed by atoms with van der Waals surface area (Å²) in [6.45, 7) is 2.02. The Labute approximate surface area is 83.7 Å². The van der Waals surface area contributed by atoms with E-state index in [0.717, 1.165) is 5.56 Å². The smallest absolute Gasteiger partial charge is 0.138 e. The van der Waals surface area contributed by atoms with Gasteiger partial charge in [0.15, 0.2) is 0 Å². The Hall–Kier alpha value is -0.820. The highest BCUT2D eigenvalue weighted by Gasteiger charge is 2.02. The van der Waals surface area contributed by atoms with Gasteiger partial charge < -0.3 is 0 Å². The zero-order valence-corrected chi connectivity index (χ0v) is 8.47. The lowest BCUT2D eigenvalue weighted by molar-refractivity contribution is -0.118. The van der Waals surface area contributed by atoms with E-state index in [1.165, 1.54) is 5.56 Å². The first-order valence-corrected chi connectivity index (χ1v) is 4.89. The molecule has 0 heterocycles. The van der Waals surface area contributed by atoms with E-state index in [0.29, 0.717) is 18.7 Å². The first-order chi connectivity index (χ1) is 6.22. The molecule has 1 rings (SSSR count). The first-order valence-electron chi connectivity index (χ1n) is 4.35. The molecule has 0 aliphatic heterocycles. The number of hydrogen-bond donors (Lipinski definition) is 0. The van der Waals surface area contributed by atoms with Gasteiger partial charge in [0.05, 0.1) is 0 Å². The van der Waals surface area contributed by atoms with Crippen molar-refractivity contribution < 1.29 is 4.79 Å². The molecule has 0 unspecified atom stereocenters. The van der Waals surface area contributed by atoms with E-state index >= 15 is 0 Å². The molecule has 0 aliphatic carbocycles. The quantitative estimate of drug-likeness (QED) is 0.677. The van der Waals surface area contributed by atoms with Crippen LogP contribution >= 0.6 is 11.6 Å². The van der Waals surface area contributed by atoms with Crippen LogP contribution in [0.2, 0.25) is 0 Å². The van der Waals surface area contributed by atoms with E-state index < -0.39 is 0 Å². The number of aryl methyl sites for hydroxylation is 1. The van der Waals surface area contributed by atoms with Gasteiger partial charge in [0.1, 0.15) is 5.78 Å². The van der Waals surface area contributed by atoms with Crippen LogP contribution in [0.4, 0.5) is 0 Å². The molecular weight excluding hydrogens is 184 g/mol. The maximum absolute atomic E-state index is 11.2. The summed E-state index contributed by atoms with van der Waals surface area (Å²) in [6, 6.07) is 8.00. The molecule has 2 heteroatoms. The van der Waals surface area contributed by atoms with Gasteiger partial charge in [-0.2, -0.15) is 0 Å². The molecule has 0 radical (unpaired) electrons. The normalized spacial score (nSPS) is 10.0. The molecule has 0 saturated heterocycles. The van der Waals surface area contributed by atoms with E-state index in [1.807, 2.05) is 31.2 Å². The van der Waals surface area contributed by atoms with E-state index in [9.17, 15) is 4.79 Å². The van der Waals surface area contributed by atoms with Crippen molar-refractivity contribution in [2.75, 3.05) is 5.88 Å². The van der Waals surface area contributed by atoms with Gasteiger partial charge in [-0.3, -0.25) is 4.79 Å². The topological polar surface area (TPSA) is 17.1 Å². The number of Topliss-reactive ketones (excluding diaryl/α,β-unsaturated/α-hetero) is 1. The van der Waals surface area contributed by atoms with Gasteiger partial charge in [-0.15, -0.1) is 11.6 Å². The summed E-state index contributed by atoms with van der Waals surface area (Å²) in [7, 11) is 0. The summed E-state index contributed by atoms with van der Waals surface area (Å²) in [5.41, 5.74) is 2.27. The minimum absolute atomic E-state index is 0.209. The summed E-state index contributed by atoms with van der Waals surface area (Å²) < 4.78 is 0. The van der Waals surface area contributed by atoms with Gasteiger partial charge in [0, 0.05) is 18.7 Å². The predicted octanol–water partition coefficient (Wildman–Crippen LogP) is 2.74. The number of carbonyl (C=O) groups is 1. The Morgan fingerprint density at radius 1 is 1.46 bits per heavy atom. The highest BCUT2D eigenvalue weighted by molar-refractivity contribution is 6.19. The Kier molecular flexibility index (Phi) is 3.97. The summed E-state index contributed by atoms with van der Waals surface area (Å²) in [5.74, 6) is 0.630. The van der Waals surface area contributed by atoms with Crippen LogP contribution in [-0.4, -0.2) is 11.7 Å². The molecule has 0 atom stereocenters. The highest BCUT2D eigenvalue weighted by atomic mass is 35.5. The van der Waals surface area contributed by atoms with Crippen molar-refractivity contribution >= 4 is 17.4 Å². The maximum atomic E-state index is 11.2. The van der Waals surface area contributed by atoms with Crippen LogP contribution in [0.3, 0.4) is 0 Å². The lowest BCUT2D eigenvalue weighted by Crippen LogP contribution is -2.02. The fraction of sp³-hybridized carbons (Fsp3) is 0.364. The molecule has 70 valence electrons. The van der Waals surface area contributed by atoms with E-state index in [1.54, 1.807) is 0 Å². The molecule has 1 aromatic carbocycles. The van der Waals surface area contributed by atoms with Crippen molar-refractivity contribution in [2.45, 2.75) is 19.8 Å². The van der Waals surface area contributed by atoms with Crippen molar-refractivity contribution in [3.8, 4) is 0 Å². The van der Waals surface area contributed by atoms with Crippen LogP contribution in [0.5, 0.6) is 0 Å². The molecule has 0 aliphatic rings. The fourth-order valence-electron chi connectivity index (χ4n) is 1.24. The molecule has 0 amide bonds. The Morgan fingerprint density at radius 3 is 2.85 bits per heavy atom. The van der Waals surface area contributed by atoms with Gasteiger partial charge >= 0.3 is 0 Å². The molecule has 0 fully saturated rings. The molecule has 1 nitrogen and oxygen atoms in total. The van der Waals surface area contributed by atoms with Crippen molar-refractivity contribution in [3.05, 3.63) is 35.4 Å². The number of carbonyl (C=O) groups excluding carboxylic acids is 1. The van der Waals surface area contributed by atoms with Gasteiger partial charge in [-0.25, -0.2) is 0 Å². The number of hydrogen-bond acceptors (Lipinski definition) is 1. The van der Waals surface area contributed by atoms with Crippen molar-refractivity contribution in [2.24, 2.45) is 0 Å². The lowest BCUT2D eigenvalue weighted by atomic mass is 10.1. The Balaban J connectivity index is 2.58. The number of ketones is 1. The standard InChI is InChI=1S/C11H13ClO/c1-9-3-2-4-10(7-9)8-11(13)5-6-12/h2-4,7H,5-6,8H2,1H3. The van der Waals surface area contributed by atoms with Gasteiger partial charge in [0.2, 0.25) is 0 Å². The van der Waals surface area contributed by atoms with Gasteiger partial charge in [-0.05, 0) is 12.5 Å². The zero-order valence-electron chi connectivity index (χ0n) is 7.72. The van der Waals surface area contributed by atoms with Crippen LogP contribution in [0.1, 0.15) is 17.5 Å². The Bertz CT molecular complexity index is 294. The average Bonchev–Trinajstić information content (AvgIpc) is 2.04. The number of alkyl halides is 1. The number of benzene rings is 1. The maximum Gasteiger partial charge on any atom is 0.138 e. The molecular formula is C11H13ClO. The van der Waals surface area contributed by atoms with E-state index in [2.05, 4.69) is 0 Å². The molecule has 0 aromatic heterocycles. The fourth-order valence-corrected chi connectivity index (χ4v) is 1.45. The molecule has 13 heavy (non-hydrogen) atoms. The van der Waals surface area contributed by atoms with E-state index in [4.69, 9.17) is 11.6 Å². The third-order valence-electron chi connectivity index (χ3n) is 1.86. The SMILES string of the molecule is Cc1cccc(CC(=O)CCCl)c1. The van der Waals surface area contributed by atoms with E-state index in [-0.39, 0.29) is 5.78 Å². The summed E-state index contributed by atoms with van der Waals surface area (Å²) in [6.07, 6.45) is 0.976.